The van der Waals surface area contributed by atoms with Crippen molar-refractivity contribution in [2.45, 2.75) is 0 Å². The maximum absolute atomic E-state index is 13.0. The number of hydrogen-bond donors (Lipinski definition) is 1. The van der Waals surface area contributed by atoms with E-state index in [-0.39, 0.29) is 22.4 Å². The van der Waals surface area contributed by atoms with Crippen molar-refractivity contribution in [3.05, 3.63) is 100 Å². The number of ketones is 1. The number of pyridine rings is 2. The monoisotopic (exact) mass is 400 g/mol. The number of ether oxygens (including phenoxy) is 1. The molecule has 0 unspecified atom stereocenters. The van der Waals surface area contributed by atoms with Crippen LogP contribution in [0.2, 0.25) is 0 Å². The van der Waals surface area contributed by atoms with Crippen LogP contribution >= 0.6 is 0 Å². The van der Waals surface area contributed by atoms with Gasteiger partial charge in [0.25, 0.3) is 5.56 Å². The number of aromatic nitrogens is 2. The van der Waals surface area contributed by atoms with Crippen molar-refractivity contribution in [3.63, 3.8) is 0 Å². The fraction of sp³-hybridized carbons (Fsp3) is 0.0435. The summed E-state index contributed by atoms with van der Waals surface area (Å²) in [6.45, 7) is 0. The van der Waals surface area contributed by atoms with Gasteiger partial charge in [0.2, 0.25) is 0 Å². The van der Waals surface area contributed by atoms with Crippen molar-refractivity contribution in [2.75, 3.05) is 7.11 Å². The number of carbonyl (C=O) groups is 2. The number of nitrogens with zero attached hydrogens (tertiary/aromatic N) is 2. The number of benzene rings is 2. The van der Waals surface area contributed by atoms with E-state index in [0.29, 0.717) is 5.69 Å². The van der Waals surface area contributed by atoms with Crippen LogP contribution in [0.1, 0.15) is 26.3 Å². The molecule has 0 spiro atoms. The zero-order chi connectivity index (χ0) is 21.3. The fourth-order valence-electron chi connectivity index (χ4n) is 3.17. The molecule has 2 heterocycles. The van der Waals surface area contributed by atoms with Crippen LogP contribution in [-0.2, 0) is 4.74 Å². The van der Waals surface area contributed by atoms with E-state index < -0.39 is 17.3 Å². The van der Waals surface area contributed by atoms with Gasteiger partial charge in [-0.15, -0.1) is 0 Å². The number of para-hydroxylation sites is 2. The number of hydrogen-bond acceptors (Lipinski definition) is 6. The first-order valence-corrected chi connectivity index (χ1v) is 9.02. The Hall–Kier alpha value is -4.26. The Balaban J connectivity index is 1.94. The predicted octanol–water partition coefficient (Wildman–Crippen LogP) is 3.11. The quantitative estimate of drug-likeness (QED) is 0.418. The number of phenols is 1. The molecule has 0 amide bonds. The third-order valence-electron chi connectivity index (χ3n) is 4.69. The molecule has 2 aromatic heterocycles. The number of esters is 1. The topological polar surface area (TPSA) is 98.5 Å². The Morgan fingerprint density at radius 1 is 1.00 bits per heavy atom. The summed E-state index contributed by atoms with van der Waals surface area (Å²) >= 11 is 0. The van der Waals surface area contributed by atoms with Gasteiger partial charge in [-0.05, 0) is 30.3 Å². The highest BCUT2D eigenvalue weighted by Gasteiger charge is 2.21. The molecule has 7 nitrogen and oxygen atoms in total. The number of methoxy groups -OCH3 is 1. The normalized spacial score (nSPS) is 10.7. The lowest BCUT2D eigenvalue weighted by Crippen LogP contribution is -2.27. The van der Waals surface area contributed by atoms with E-state index in [4.69, 9.17) is 4.74 Å². The molecule has 0 saturated carbocycles. The first kappa shape index (κ1) is 19.1. The van der Waals surface area contributed by atoms with E-state index in [9.17, 15) is 19.5 Å². The molecule has 0 radical (unpaired) electrons. The summed E-state index contributed by atoms with van der Waals surface area (Å²) in [7, 11) is 1.15. The smallest absolute Gasteiger partial charge is 0.343 e. The lowest BCUT2D eigenvalue weighted by molar-refractivity contribution is 0.0598. The molecule has 2 aromatic carbocycles. The van der Waals surface area contributed by atoms with Crippen LogP contribution in [0, 0.1) is 0 Å². The molecule has 0 bridgehead atoms. The third-order valence-corrected chi connectivity index (χ3v) is 4.69. The molecule has 0 aliphatic carbocycles. The van der Waals surface area contributed by atoms with Gasteiger partial charge >= 0.3 is 5.97 Å². The van der Waals surface area contributed by atoms with E-state index in [1.165, 1.54) is 35.2 Å². The Morgan fingerprint density at radius 2 is 1.73 bits per heavy atom. The third kappa shape index (κ3) is 3.33. The van der Waals surface area contributed by atoms with E-state index in [1.54, 1.807) is 18.2 Å². The van der Waals surface area contributed by atoms with Crippen LogP contribution in [-0.4, -0.2) is 33.5 Å². The highest BCUT2D eigenvalue weighted by molar-refractivity contribution is 6.11. The molecular formula is C23H16N2O5. The first-order valence-electron chi connectivity index (χ1n) is 9.02. The van der Waals surface area contributed by atoms with Crippen molar-refractivity contribution in [3.8, 4) is 11.4 Å². The molecule has 0 fully saturated rings. The second-order valence-electron chi connectivity index (χ2n) is 6.54. The van der Waals surface area contributed by atoms with Crippen LogP contribution in [0.3, 0.4) is 0 Å². The van der Waals surface area contributed by atoms with Gasteiger partial charge in [-0.3, -0.25) is 19.1 Å². The highest BCUT2D eigenvalue weighted by Crippen LogP contribution is 2.21. The van der Waals surface area contributed by atoms with Gasteiger partial charge in [0.1, 0.15) is 11.3 Å². The van der Waals surface area contributed by atoms with Crippen LogP contribution < -0.4 is 5.56 Å². The Bertz CT molecular complexity index is 1360. The minimum absolute atomic E-state index is 0.0460. The molecule has 0 aliphatic rings. The van der Waals surface area contributed by atoms with Gasteiger partial charge in [0.15, 0.2) is 5.78 Å². The summed E-state index contributed by atoms with van der Waals surface area (Å²) in [6, 6.07) is 16.3. The molecule has 1 N–H and O–H groups in total. The summed E-state index contributed by atoms with van der Waals surface area (Å²) in [6.07, 6.45) is 2.81. The van der Waals surface area contributed by atoms with Crippen LogP contribution in [0.15, 0.2) is 77.9 Å². The average Bonchev–Trinajstić information content (AvgIpc) is 2.78. The molecule has 0 aliphatic heterocycles. The maximum Gasteiger partial charge on any atom is 0.343 e. The number of fused-ring (bicyclic) bond motifs is 1. The van der Waals surface area contributed by atoms with Gasteiger partial charge < -0.3 is 9.84 Å². The van der Waals surface area contributed by atoms with Crippen LogP contribution in [0.5, 0.6) is 5.75 Å². The van der Waals surface area contributed by atoms with Crippen molar-refractivity contribution in [1.29, 1.82) is 0 Å². The standard InChI is InChI=1S/C23H16N2O5/c1-30-23(29)18-11-15(21(27)17-7-3-5-9-20(17)26)13-25(22(18)28)16-10-14-6-2-4-8-19(14)24-12-16/h2-13,26H,1H3. The molecule has 0 atom stereocenters. The van der Waals surface area contributed by atoms with E-state index in [2.05, 4.69) is 4.98 Å². The Morgan fingerprint density at radius 3 is 2.50 bits per heavy atom. The lowest BCUT2D eigenvalue weighted by Gasteiger charge is -2.12. The number of aromatic hydroxyl groups is 1. The largest absolute Gasteiger partial charge is 0.507 e. The molecule has 0 saturated heterocycles. The van der Waals surface area contributed by atoms with E-state index >= 15 is 0 Å². The highest BCUT2D eigenvalue weighted by atomic mass is 16.5. The zero-order valence-electron chi connectivity index (χ0n) is 15.9. The summed E-state index contributed by atoms with van der Waals surface area (Å²) in [5.74, 6) is -1.61. The molecular weight excluding hydrogens is 384 g/mol. The SMILES string of the molecule is COC(=O)c1cc(C(=O)c2ccccc2O)cn(-c2cnc3ccccc3c2)c1=O. The van der Waals surface area contributed by atoms with Gasteiger partial charge in [0.05, 0.1) is 30.1 Å². The van der Waals surface area contributed by atoms with Crippen molar-refractivity contribution >= 4 is 22.7 Å². The van der Waals surface area contributed by atoms with E-state index in [0.717, 1.165) is 18.0 Å². The molecule has 4 rings (SSSR count). The average molecular weight is 400 g/mol. The minimum Gasteiger partial charge on any atom is -0.507 e. The van der Waals surface area contributed by atoms with Crippen LogP contribution in [0.4, 0.5) is 0 Å². The summed E-state index contributed by atoms with van der Waals surface area (Å²) in [4.78, 5) is 42.5. The van der Waals surface area contributed by atoms with Gasteiger partial charge in [-0.1, -0.05) is 30.3 Å². The van der Waals surface area contributed by atoms with Crippen molar-refractivity contribution in [2.24, 2.45) is 0 Å². The second kappa shape index (κ2) is 7.63. The summed E-state index contributed by atoms with van der Waals surface area (Å²) < 4.78 is 5.89. The van der Waals surface area contributed by atoms with Gasteiger partial charge in [-0.2, -0.15) is 0 Å². The molecule has 148 valence electrons. The van der Waals surface area contributed by atoms with Crippen molar-refractivity contribution in [1.82, 2.24) is 9.55 Å². The summed E-state index contributed by atoms with van der Waals surface area (Å²) in [5.41, 5.74) is 0.277. The Kier molecular flexibility index (Phi) is 4.85. The second-order valence-corrected chi connectivity index (χ2v) is 6.54. The number of rotatable bonds is 4. The van der Waals surface area contributed by atoms with E-state index in [1.807, 2.05) is 24.3 Å². The maximum atomic E-state index is 13.0. The molecule has 7 heteroatoms. The number of carbonyl (C=O) groups excluding carboxylic acids is 2. The van der Waals surface area contributed by atoms with Crippen LogP contribution in [0.25, 0.3) is 16.6 Å². The molecule has 4 aromatic rings. The fourth-order valence-corrected chi connectivity index (χ4v) is 3.17. The predicted molar refractivity (Wildman–Crippen MR) is 110 cm³/mol. The minimum atomic E-state index is -0.866. The summed E-state index contributed by atoms with van der Waals surface area (Å²) in [5, 5.41) is 10.8. The van der Waals surface area contributed by atoms with Gasteiger partial charge in [-0.25, -0.2) is 4.79 Å². The first-order chi connectivity index (χ1) is 14.5. The van der Waals surface area contributed by atoms with Gasteiger partial charge in [0, 0.05) is 17.1 Å². The van der Waals surface area contributed by atoms with Crippen molar-refractivity contribution < 1.29 is 19.4 Å². The number of phenolic OH excluding ortho intramolecular Hbond substituents is 1. The Labute approximate surface area is 170 Å². The molecule has 30 heavy (non-hydrogen) atoms. The zero-order valence-corrected chi connectivity index (χ0v) is 15.9. The lowest BCUT2D eigenvalue weighted by atomic mass is 10.0.